The second-order valence-corrected chi connectivity index (χ2v) is 10.5. The predicted octanol–water partition coefficient (Wildman–Crippen LogP) is 1.11. The number of piperidine rings is 1. The van der Waals surface area contributed by atoms with Gasteiger partial charge in [0, 0.05) is 33.2 Å². The van der Waals surface area contributed by atoms with Gasteiger partial charge in [0.05, 0.1) is 35.4 Å². The lowest BCUT2D eigenvalue weighted by atomic mass is 9.66. The number of hydrogen-bond acceptors (Lipinski definition) is 9. The van der Waals surface area contributed by atoms with Gasteiger partial charge in [0.2, 0.25) is 17.4 Å². The number of rotatable bonds is 2. The molecule has 4 aliphatic heterocycles. The fourth-order valence-corrected chi connectivity index (χ4v) is 6.55. The van der Waals surface area contributed by atoms with Crippen LogP contribution in [-0.4, -0.2) is 84.9 Å². The van der Waals surface area contributed by atoms with Gasteiger partial charge in [0.25, 0.3) is 5.91 Å². The van der Waals surface area contributed by atoms with Crippen molar-refractivity contribution in [3.63, 3.8) is 0 Å². The van der Waals surface area contributed by atoms with E-state index in [2.05, 4.69) is 15.8 Å². The molecule has 202 valence electrons. The van der Waals surface area contributed by atoms with E-state index in [1.807, 2.05) is 6.92 Å². The van der Waals surface area contributed by atoms with E-state index in [4.69, 9.17) is 14.0 Å². The molecular formula is C25H28FN5O7. The van der Waals surface area contributed by atoms with Gasteiger partial charge in [-0.05, 0) is 38.3 Å². The van der Waals surface area contributed by atoms with Crippen molar-refractivity contribution in [1.29, 1.82) is 0 Å². The van der Waals surface area contributed by atoms with Crippen molar-refractivity contribution in [2.75, 3.05) is 31.6 Å². The van der Waals surface area contributed by atoms with Gasteiger partial charge in [-0.1, -0.05) is 5.16 Å². The molecule has 1 aromatic carbocycles. The number of nitrogens with zero attached hydrogens (tertiary/aromatic N) is 3. The zero-order chi connectivity index (χ0) is 26.9. The minimum atomic E-state index is -1.76. The average molecular weight is 530 g/mol. The molecule has 5 heterocycles. The van der Waals surface area contributed by atoms with E-state index in [0.29, 0.717) is 31.5 Å². The molecular weight excluding hydrogens is 501 g/mol. The molecule has 0 radical (unpaired) electrons. The number of carbonyl (C=O) groups is 4. The highest BCUT2D eigenvalue weighted by Crippen LogP contribution is 2.49. The van der Waals surface area contributed by atoms with Gasteiger partial charge in [-0.2, -0.15) is 0 Å². The summed E-state index contributed by atoms with van der Waals surface area (Å²) in [7, 11) is 1.63. The number of anilines is 1. The average Bonchev–Trinajstić information content (AvgIpc) is 3.30. The Morgan fingerprint density at radius 3 is 2.53 bits per heavy atom. The number of benzene rings is 1. The van der Waals surface area contributed by atoms with Crippen molar-refractivity contribution >= 4 is 40.4 Å². The highest BCUT2D eigenvalue weighted by Gasteiger charge is 2.63. The van der Waals surface area contributed by atoms with E-state index in [-0.39, 0.29) is 47.5 Å². The summed E-state index contributed by atoms with van der Waals surface area (Å²) in [5.41, 5.74) is -1.46. The maximum atomic E-state index is 16.2. The zero-order valence-corrected chi connectivity index (χ0v) is 21.2. The summed E-state index contributed by atoms with van der Waals surface area (Å²) in [5.74, 6) is -2.68. The summed E-state index contributed by atoms with van der Waals surface area (Å²) >= 11 is 0. The molecule has 1 aromatic heterocycles. The fourth-order valence-electron chi connectivity index (χ4n) is 6.55. The van der Waals surface area contributed by atoms with E-state index in [1.165, 1.54) is 0 Å². The Hall–Kier alpha value is -3.58. The Labute approximate surface area is 216 Å². The molecule has 13 heteroatoms. The molecule has 0 saturated carbocycles. The topological polar surface area (TPSA) is 143 Å². The van der Waals surface area contributed by atoms with Crippen LogP contribution in [0.1, 0.15) is 42.7 Å². The van der Waals surface area contributed by atoms with Crippen LogP contribution in [-0.2, 0) is 25.5 Å². The van der Waals surface area contributed by atoms with Crippen molar-refractivity contribution < 1.29 is 37.6 Å². The monoisotopic (exact) mass is 529 g/mol. The number of likely N-dealkylation sites (tertiary alicyclic amines) is 1. The van der Waals surface area contributed by atoms with E-state index in [9.17, 15) is 19.2 Å². The van der Waals surface area contributed by atoms with E-state index >= 15 is 4.39 Å². The van der Waals surface area contributed by atoms with Gasteiger partial charge in [-0.3, -0.25) is 25.0 Å². The Morgan fingerprint density at radius 2 is 1.87 bits per heavy atom. The molecule has 4 aliphatic rings. The van der Waals surface area contributed by atoms with Crippen molar-refractivity contribution in [3.8, 4) is 0 Å². The van der Waals surface area contributed by atoms with E-state index < -0.39 is 47.1 Å². The number of methoxy groups -OCH3 is 1. The van der Waals surface area contributed by atoms with Crippen LogP contribution < -0.4 is 15.5 Å². The van der Waals surface area contributed by atoms with Crippen LogP contribution in [0.5, 0.6) is 0 Å². The standard InChI is InChI=1S/C25H28FN5O7/c1-11-10-31-18-13(9-25(20(31)12(2)37-11)22(33)27-24(35)28-23(25)34)8-15-17(29-38-19(15)16(18)26)21(32)30-6-4-14(36-3)5-7-30/h8,11-12,14,20H,4-7,9-10H2,1-3H3,(H2,27,28,33,34,35)/t11-,12+,20+/m1/s1. The lowest BCUT2D eigenvalue weighted by molar-refractivity contribution is -0.153. The van der Waals surface area contributed by atoms with Gasteiger partial charge in [0.15, 0.2) is 16.9 Å². The number of aromatic nitrogens is 1. The highest BCUT2D eigenvalue weighted by atomic mass is 19.1. The Morgan fingerprint density at radius 1 is 1.18 bits per heavy atom. The van der Waals surface area contributed by atoms with Crippen LogP contribution >= 0.6 is 0 Å². The number of amides is 5. The van der Waals surface area contributed by atoms with E-state index in [1.54, 1.807) is 29.9 Å². The Kier molecular flexibility index (Phi) is 5.69. The van der Waals surface area contributed by atoms with Crippen molar-refractivity contribution in [2.45, 2.75) is 57.5 Å². The lowest BCUT2D eigenvalue weighted by Crippen LogP contribution is -2.75. The van der Waals surface area contributed by atoms with Gasteiger partial charge in [-0.25, -0.2) is 9.18 Å². The molecule has 38 heavy (non-hydrogen) atoms. The van der Waals surface area contributed by atoms with Crippen molar-refractivity contribution in [1.82, 2.24) is 20.7 Å². The molecule has 0 aliphatic carbocycles. The van der Waals surface area contributed by atoms with E-state index in [0.717, 1.165) is 0 Å². The molecule has 5 amide bonds. The molecule has 6 rings (SSSR count). The fraction of sp³-hybridized carbons (Fsp3) is 0.560. The van der Waals surface area contributed by atoms with Gasteiger partial charge >= 0.3 is 6.03 Å². The van der Waals surface area contributed by atoms with Gasteiger partial charge in [0.1, 0.15) is 0 Å². The number of morpholine rings is 1. The van der Waals surface area contributed by atoms with Gasteiger partial charge in [-0.15, -0.1) is 0 Å². The maximum Gasteiger partial charge on any atom is 0.328 e. The number of urea groups is 1. The largest absolute Gasteiger partial charge is 0.381 e. The summed E-state index contributed by atoms with van der Waals surface area (Å²) in [6.07, 6.45) is 0.219. The first-order chi connectivity index (χ1) is 18.1. The maximum absolute atomic E-state index is 16.2. The number of barbiturate groups is 1. The van der Waals surface area contributed by atoms with Crippen LogP contribution in [0.15, 0.2) is 10.6 Å². The number of nitrogens with one attached hydrogen (secondary N) is 2. The number of imide groups is 2. The number of halogens is 1. The van der Waals surface area contributed by atoms with Crippen LogP contribution in [0.4, 0.5) is 14.9 Å². The number of ether oxygens (including phenoxy) is 2. The van der Waals surface area contributed by atoms with Gasteiger partial charge < -0.3 is 23.8 Å². The number of carbonyl (C=O) groups excluding carboxylic acids is 4. The third-order valence-electron chi connectivity index (χ3n) is 8.23. The van der Waals surface area contributed by atoms with Crippen LogP contribution in [0, 0.1) is 11.2 Å². The SMILES string of the molecule is COC1CCN(C(=O)c2noc3c(F)c4c(cc23)CC2(C(=O)NC(=O)NC2=O)[C@@H]2[C@H](C)O[C@H](C)CN42)CC1. The number of hydrogen-bond donors (Lipinski definition) is 2. The molecule has 3 fully saturated rings. The highest BCUT2D eigenvalue weighted by molar-refractivity contribution is 6.20. The third kappa shape index (κ3) is 3.44. The molecule has 1 spiro atoms. The second-order valence-electron chi connectivity index (χ2n) is 10.5. The molecule has 12 nitrogen and oxygen atoms in total. The third-order valence-corrected chi connectivity index (χ3v) is 8.23. The van der Waals surface area contributed by atoms with Crippen molar-refractivity contribution in [2.24, 2.45) is 5.41 Å². The quantitative estimate of drug-likeness (QED) is 0.547. The lowest BCUT2D eigenvalue weighted by Gasteiger charge is -2.55. The molecule has 2 aromatic rings. The van der Waals surface area contributed by atoms with Crippen LogP contribution in [0.2, 0.25) is 0 Å². The summed E-state index contributed by atoms with van der Waals surface area (Å²) in [4.78, 5) is 55.2. The normalized spacial score (nSPS) is 27.3. The summed E-state index contributed by atoms with van der Waals surface area (Å²) in [6.45, 7) is 4.64. The Balaban J connectivity index is 1.47. The summed E-state index contributed by atoms with van der Waals surface area (Å²) in [6, 6.07) is -0.233. The molecule has 3 atom stereocenters. The first-order valence-corrected chi connectivity index (χ1v) is 12.7. The summed E-state index contributed by atoms with van der Waals surface area (Å²) in [5, 5.41) is 8.51. The van der Waals surface area contributed by atoms with Crippen molar-refractivity contribution in [3.05, 3.63) is 23.1 Å². The zero-order valence-electron chi connectivity index (χ0n) is 21.2. The first-order valence-electron chi connectivity index (χ1n) is 12.7. The van der Waals surface area contributed by atoms with Crippen LogP contribution in [0.25, 0.3) is 11.0 Å². The Bertz CT molecular complexity index is 1350. The molecule has 0 unspecified atom stereocenters. The predicted molar refractivity (Wildman–Crippen MR) is 129 cm³/mol. The summed E-state index contributed by atoms with van der Waals surface area (Å²) < 4.78 is 32.9. The smallest absolute Gasteiger partial charge is 0.328 e. The molecule has 2 N–H and O–H groups in total. The van der Waals surface area contributed by atoms with Crippen LogP contribution in [0.3, 0.4) is 0 Å². The molecule has 0 bridgehead atoms. The molecule has 3 saturated heterocycles. The minimum absolute atomic E-state index is 0.0369. The minimum Gasteiger partial charge on any atom is -0.381 e. The number of fused-ring (bicyclic) bond motifs is 5. The first kappa shape index (κ1) is 24.7. The second kappa shape index (κ2) is 8.73.